The third-order valence-corrected chi connectivity index (χ3v) is 2.45. The molecule has 18 heavy (non-hydrogen) atoms. The van der Waals surface area contributed by atoms with E-state index >= 15 is 0 Å². The van der Waals surface area contributed by atoms with Crippen LogP contribution < -0.4 is 5.32 Å². The van der Waals surface area contributed by atoms with Gasteiger partial charge in [0.05, 0.1) is 0 Å². The number of ether oxygens (including phenoxy) is 1. The predicted molar refractivity (Wildman–Crippen MR) is 75.8 cm³/mol. The van der Waals surface area contributed by atoms with E-state index < -0.39 is 5.60 Å². The highest BCUT2D eigenvalue weighted by Crippen LogP contribution is 2.08. The van der Waals surface area contributed by atoms with Crippen LogP contribution in [-0.2, 0) is 4.74 Å². The largest absolute Gasteiger partial charge is 0.444 e. The minimum Gasteiger partial charge on any atom is -0.444 e. The van der Waals surface area contributed by atoms with Gasteiger partial charge in [-0.25, -0.2) is 4.79 Å². The Hall–Kier alpha value is -1.03. The molecule has 0 aliphatic heterocycles. The summed E-state index contributed by atoms with van der Waals surface area (Å²) in [5.41, 5.74) is -0.434. The molecule has 1 N–H and O–H groups in total. The Morgan fingerprint density at radius 1 is 1.50 bits per heavy atom. The van der Waals surface area contributed by atoms with Crippen LogP contribution in [0.4, 0.5) is 4.79 Å². The Balaban J connectivity index is 3.79. The molecule has 0 aromatic rings. The lowest BCUT2D eigenvalue weighted by molar-refractivity contribution is 0.0299. The summed E-state index contributed by atoms with van der Waals surface area (Å²) >= 11 is 0. The highest BCUT2D eigenvalue weighted by atomic mass is 16.6. The van der Waals surface area contributed by atoms with Crippen LogP contribution in [0.5, 0.6) is 0 Å². The van der Waals surface area contributed by atoms with Gasteiger partial charge in [0, 0.05) is 26.2 Å². The van der Waals surface area contributed by atoms with E-state index in [-0.39, 0.29) is 6.09 Å². The van der Waals surface area contributed by atoms with Crippen LogP contribution >= 0.6 is 0 Å². The van der Waals surface area contributed by atoms with Crippen molar-refractivity contribution in [2.24, 2.45) is 0 Å². The van der Waals surface area contributed by atoms with Crippen molar-refractivity contribution in [2.45, 2.75) is 52.2 Å². The van der Waals surface area contributed by atoms with E-state index in [0.717, 1.165) is 19.4 Å². The molecule has 0 aromatic carbocycles. The molecule has 1 atom stereocenters. The minimum atomic E-state index is -0.434. The maximum absolute atomic E-state index is 11.7. The van der Waals surface area contributed by atoms with Crippen molar-refractivity contribution < 1.29 is 9.53 Å². The third kappa shape index (κ3) is 9.05. The second kappa shape index (κ2) is 8.14. The SMILES string of the molecule is C=CCCC(C)NCCN(C)C(=O)OC(C)(C)C. The van der Waals surface area contributed by atoms with E-state index in [9.17, 15) is 4.79 Å². The number of carbonyl (C=O) groups is 1. The number of hydrogen-bond acceptors (Lipinski definition) is 3. The van der Waals surface area contributed by atoms with Crippen LogP contribution in [0.15, 0.2) is 12.7 Å². The van der Waals surface area contributed by atoms with Gasteiger partial charge in [0.25, 0.3) is 0 Å². The lowest BCUT2D eigenvalue weighted by atomic mass is 10.2. The van der Waals surface area contributed by atoms with Crippen molar-refractivity contribution in [1.82, 2.24) is 10.2 Å². The molecule has 1 amide bonds. The van der Waals surface area contributed by atoms with Crippen molar-refractivity contribution >= 4 is 6.09 Å². The normalized spacial score (nSPS) is 12.9. The number of rotatable bonds is 7. The highest BCUT2D eigenvalue weighted by Gasteiger charge is 2.19. The van der Waals surface area contributed by atoms with Gasteiger partial charge in [-0.3, -0.25) is 0 Å². The minimum absolute atomic E-state index is 0.275. The number of carbonyl (C=O) groups excluding carboxylic acids is 1. The molecule has 0 saturated heterocycles. The lowest BCUT2D eigenvalue weighted by Crippen LogP contribution is -2.39. The third-order valence-electron chi connectivity index (χ3n) is 2.45. The molecule has 0 aliphatic carbocycles. The van der Waals surface area contributed by atoms with Crippen LogP contribution in [0.25, 0.3) is 0 Å². The van der Waals surface area contributed by atoms with Gasteiger partial charge in [-0.2, -0.15) is 0 Å². The van der Waals surface area contributed by atoms with E-state index in [1.807, 2.05) is 26.8 Å². The van der Waals surface area contributed by atoms with Gasteiger partial charge in [0.2, 0.25) is 0 Å². The van der Waals surface area contributed by atoms with Gasteiger partial charge in [0.1, 0.15) is 5.60 Å². The molecule has 0 saturated carbocycles. The zero-order valence-corrected chi connectivity index (χ0v) is 12.5. The van der Waals surface area contributed by atoms with Gasteiger partial charge in [-0.15, -0.1) is 6.58 Å². The standard InChI is InChI=1S/C14H28N2O2/c1-7-8-9-12(2)15-10-11-16(6)13(17)18-14(3,4)5/h7,12,15H,1,8-11H2,2-6H3. The molecule has 0 fully saturated rings. The molecule has 0 heterocycles. The Kier molecular flexibility index (Phi) is 7.67. The van der Waals surface area contributed by atoms with E-state index in [0.29, 0.717) is 12.6 Å². The van der Waals surface area contributed by atoms with Crippen LogP contribution in [0, 0.1) is 0 Å². The molecule has 0 spiro atoms. The highest BCUT2D eigenvalue weighted by molar-refractivity contribution is 5.67. The summed E-state index contributed by atoms with van der Waals surface area (Å²) in [5.74, 6) is 0. The molecule has 0 aliphatic rings. The summed E-state index contributed by atoms with van der Waals surface area (Å²) in [6.07, 6.45) is 3.73. The number of hydrogen-bond donors (Lipinski definition) is 1. The van der Waals surface area contributed by atoms with Gasteiger partial charge < -0.3 is 15.0 Å². The van der Waals surface area contributed by atoms with E-state index in [4.69, 9.17) is 4.74 Å². The van der Waals surface area contributed by atoms with Crippen LogP contribution in [0.3, 0.4) is 0 Å². The topological polar surface area (TPSA) is 41.6 Å². The molecule has 4 nitrogen and oxygen atoms in total. The number of nitrogens with zero attached hydrogens (tertiary/aromatic N) is 1. The summed E-state index contributed by atoms with van der Waals surface area (Å²) in [6, 6.07) is 0.440. The van der Waals surface area contributed by atoms with Crippen molar-refractivity contribution in [1.29, 1.82) is 0 Å². The van der Waals surface area contributed by atoms with Crippen molar-refractivity contribution in [3.63, 3.8) is 0 Å². The molecule has 0 bridgehead atoms. The molecule has 0 aromatic heterocycles. The average Bonchev–Trinajstić information content (AvgIpc) is 2.23. The van der Waals surface area contributed by atoms with E-state index in [1.54, 1.807) is 11.9 Å². The summed E-state index contributed by atoms with van der Waals surface area (Å²) < 4.78 is 5.27. The van der Waals surface area contributed by atoms with Crippen molar-refractivity contribution in [2.75, 3.05) is 20.1 Å². The summed E-state index contributed by atoms with van der Waals surface area (Å²) in [7, 11) is 1.75. The maximum Gasteiger partial charge on any atom is 0.410 e. The monoisotopic (exact) mass is 256 g/mol. The number of allylic oxidation sites excluding steroid dienone is 1. The van der Waals surface area contributed by atoms with E-state index in [2.05, 4.69) is 18.8 Å². The molecule has 0 radical (unpaired) electrons. The number of nitrogens with one attached hydrogen (secondary N) is 1. The second-order valence-electron chi connectivity index (χ2n) is 5.62. The fourth-order valence-corrected chi connectivity index (χ4v) is 1.38. The Bertz CT molecular complexity index is 259. The summed E-state index contributed by atoms with van der Waals surface area (Å²) in [4.78, 5) is 13.3. The molecular formula is C14H28N2O2. The van der Waals surface area contributed by atoms with Crippen LogP contribution in [0.1, 0.15) is 40.5 Å². The van der Waals surface area contributed by atoms with E-state index in [1.165, 1.54) is 0 Å². The van der Waals surface area contributed by atoms with Gasteiger partial charge in [-0.05, 0) is 40.5 Å². The first-order valence-electron chi connectivity index (χ1n) is 6.54. The summed E-state index contributed by atoms with van der Waals surface area (Å²) in [6.45, 7) is 12.9. The zero-order valence-electron chi connectivity index (χ0n) is 12.5. The quantitative estimate of drug-likeness (QED) is 0.712. The first kappa shape index (κ1) is 17.0. The fourth-order valence-electron chi connectivity index (χ4n) is 1.38. The summed E-state index contributed by atoms with van der Waals surface area (Å²) in [5, 5.41) is 3.37. The second-order valence-corrected chi connectivity index (χ2v) is 5.62. The first-order chi connectivity index (χ1) is 8.26. The predicted octanol–water partition coefficient (Wildman–Crippen LogP) is 2.80. The molecule has 1 unspecified atom stereocenters. The lowest BCUT2D eigenvalue weighted by Gasteiger charge is -2.25. The Morgan fingerprint density at radius 3 is 2.61 bits per heavy atom. The van der Waals surface area contributed by atoms with Gasteiger partial charge in [-0.1, -0.05) is 6.08 Å². The number of amides is 1. The molecule has 106 valence electrons. The Morgan fingerprint density at radius 2 is 2.11 bits per heavy atom. The van der Waals surface area contributed by atoms with Crippen LogP contribution in [0.2, 0.25) is 0 Å². The zero-order chi connectivity index (χ0) is 14.2. The Labute approximate surface area is 111 Å². The molecule has 0 rings (SSSR count). The molecule has 4 heteroatoms. The molecular weight excluding hydrogens is 228 g/mol. The van der Waals surface area contributed by atoms with Crippen molar-refractivity contribution in [3.05, 3.63) is 12.7 Å². The van der Waals surface area contributed by atoms with Gasteiger partial charge in [0.15, 0.2) is 0 Å². The van der Waals surface area contributed by atoms with Crippen LogP contribution in [-0.4, -0.2) is 42.8 Å². The fraction of sp³-hybridized carbons (Fsp3) is 0.786. The average molecular weight is 256 g/mol. The van der Waals surface area contributed by atoms with Gasteiger partial charge >= 0.3 is 6.09 Å². The number of likely N-dealkylation sites (N-methyl/N-ethyl adjacent to an activating group) is 1. The maximum atomic E-state index is 11.7. The van der Waals surface area contributed by atoms with Crippen molar-refractivity contribution in [3.8, 4) is 0 Å². The smallest absolute Gasteiger partial charge is 0.410 e. The first-order valence-corrected chi connectivity index (χ1v) is 6.54.